The molecule has 1 aliphatic rings. The molecule has 12 heavy (non-hydrogen) atoms. The largest absolute Gasteiger partial charge is 0.449 e. The maximum atomic E-state index is 5.75. The highest BCUT2D eigenvalue weighted by atomic mass is 35.5. The maximum absolute atomic E-state index is 5.75. The first-order valence-electron chi connectivity index (χ1n) is 4.29. The molecular weight excluding hydrogens is 174 g/mol. The summed E-state index contributed by atoms with van der Waals surface area (Å²) in [6.07, 6.45) is 3.27. The van der Waals surface area contributed by atoms with Crippen molar-refractivity contribution >= 4 is 11.6 Å². The van der Waals surface area contributed by atoms with Gasteiger partial charge in [0.1, 0.15) is 5.76 Å². The van der Waals surface area contributed by atoms with E-state index in [-0.39, 0.29) is 0 Å². The Morgan fingerprint density at radius 3 is 3.25 bits per heavy atom. The molecule has 3 heteroatoms. The number of furan rings is 1. The molecule has 2 N–H and O–H groups in total. The smallest absolute Gasteiger partial charge is 0.193 e. The topological polar surface area (TPSA) is 39.2 Å². The number of nitrogens with two attached hydrogens (primary N) is 1. The molecule has 0 fully saturated rings. The Morgan fingerprint density at radius 1 is 1.67 bits per heavy atom. The van der Waals surface area contributed by atoms with E-state index in [1.807, 2.05) is 6.07 Å². The molecule has 0 radical (unpaired) electrons. The average molecular weight is 186 g/mol. The molecule has 0 aliphatic heterocycles. The van der Waals surface area contributed by atoms with Gasteiger partial charge < -0.3 is 10.2 Å². The summed E-state index contributed by atoms with van der Waals surface area (Å²) in [5, 5.41) is 0.515. The number of halogens is 1. The van der Waals surface area contributed by atoms with Gasteiger partial charge in [-0.05, 0) is 49.0 Å². The Balaban J connectivity index is 2.22. The molecule has 0 aromatic carbocycles. The molecule has 0 bridgehead atoms. The van der Waals surface area contributed by atoms with Gasteiger partial charge >= 0.3 is 0 Å². The molecule has 1 atom stereocenters. The zero-order valence-corrected chi connectivity index (χ0v) is 7.60. The molecule has 0 saturated carbocycles. The van der Waals surface area contributed by atoms with Gasteiger partial charge in [0.15, 0.2) is 5.22 Å². The molecule has 0 saturated heterocycles. The van der Waals surface area contributed by atoms with Gasteiger partial charge in [-0.2, -0.15) is 0 Å². The summed E-state index contributed by atoms with van der Waals surface area (Å²) in [5.41, 5.74) is 6.77. The van der Waals surface area contributed by atoms with E-state index in [1.54, 1.807) is 0 Å². The van der Waals surface area contributed by atoms with Gasteiger partial charge in [-0.3, -0.25) is 0 Å². The Bertz CT molecular complexity index is 282. The van der Waals surface area contributed by atoms with Crippen LogP contribution in [-0.2, 0) is 6.42 Å². The SMILES string of the molecule is NCCC1CCc2cc(Cl)oc21. The zero-order chi connectivity index (χ0) is 8.55. The molecule has 0 amide bonds. The van der Waals surface area contributed by atoms with Crippen LogP contribution in [0.5, 0.6) is 0 Å². The lowest BCUT2D eigenvalue weighted by Gasteiger charge is -2.05. The molecule has 2 rings (SSSR count). The number of aryl methyl sites for hydroxylation is 1. The molecule has 1 aromatic heterocycles. The highest BCUT2D eigenvalue weighted by Gasteiger charge is 2.26. The molecule has 2 nitrogen and oxygen atoms in total. The van der Waals surface area contributed by atoms with Crippen LogP contribution in [-0.4, -0.2) is 6.54 Å². The Kier molecular flexibility index (Phi) is 2.11. The third-order valence-electron chi connectivity index (χ3n) is 2.46. The van der Waals surface area contributed by atoms with E-state index in [1.165, 1.54) is 12.0 Å². The van der Waals surface area contributed by atoms with E-state index in [9.17, 15) is 0 Å². The monoisotopic (exact) mass is 185 g/mol. The highest BCUT2D eigenvalue weighted by Crippen LogP contribution is 2.38. The van der Waals surface area contributed by atoms with Gasteiger partial charge in [0.05, 0.1) is 0 Å². The zero-order valence-electron chi connectivity index (χ0n) is 6.85. The third-order valence-corrected chi connectivity index (χ3v) is 2.65. The standard InChI is InChI=1S/C9H12ClNO/c10-8-5-7-2-1-6(3-4-11)9(7)12-8/h5-6H,1-4,11H2. The van der Waals surface area contributed by atoms with Crippen molar-refractivity contribution in [2.24, 2.45) is 5.73 Å². The van der Waals surface area contributed by atoms with E-state index in [0.717, 1.165) is 25.1 Å². The summed E-state index contributed by atoms with van der Waals surface area (Å²) in [6, 6.07) is 1.92. The minimum atomic E-state index is 0.512. The van der Waals surface area contributed by atoms with Crippen molar-refractivity contribution in [3.05, 3.63) is 22.6 Å². The fourth-order valence-electron chi connectivity index (χ4n) is 1.89. The van der Waals surface area contributed by atoms with E-state index in [0.29, 0.717) is 11.1 Å². The van der Waals surface area contributed by atoms with E-state index in [2.05, 4.69) is 0 Å². The molecule has 1 aromatic rings. The summed E-state index contributed by atoms with van der Waals surface area (Å²) < 4.78 is 5.40. The van der Waals surface area contributed by atoms with E-state index in [4.69, 9.17) is 21.8 Å². The van der Waals surface area contributed by atoms with Crippen LogP contribution in [0.4, 0.5) is 0 Å². The Morgan fingerprint density at radius 2 is 2.50 bits per heavy atom. The minimum absolute atomic E-state index is 0.512. The average Bonchev–Trinajstić information content (AvgIpc) is 2.52. The molecule has 66 valence electrons. The predicted octanol–water partition coefficient (Wildman–Crippen LogP) is 2.31. The van der Waals surface area contributed by atoms with Crippen LogP contribution in [0.3, 0.4) is 0 Å². The van der Waals surface area contributed by atoms with Crippen molar-refractivity contribution in [1.29, 1.82) is 0 Å². The number of rotatable bonds is 2. The van der Waals surface area contributed by atoms with Gasteiger partial charge in [0.25, 0.3) is 0 Å². The van der Waals surface area contributed by atoms with Crippen molar-refractivity contribution in [2.45, 2.75) is 25.2 Å². The first-order valence-corrected chi connectivity index (χ1v) is 4.67. The minimum Gasteiger partial charge on any atom is -0.449 e. The first kappa shape index (κ1) is 8.14. The van der Waals surface area contributed by atoms with Crippen LogP contribution in [0.15, 0.2) is 10.5 Å². The predicted molar refractivity (Wildman–Crippen MR) is 48.5 cm³/mol. The quantitative estimate of drug-likeness (QED) is 0.768. The van der Waals surface area contributed by atoms with Crippen molar-refractivity contribution in [1.82, 2.24) is 0 Å². The Hall–Kier alpha value is -0.470. The van der Waals surface area contributed by atoms with E-state index >= 15 is 0 Å². The Labute approximate surface area is 76.7 Å². The highest BCUT2D eigenvalue weighted by molar-refractivity contribution is 6.28. The van der Waals surface area contributed by atoms with Gasteiger partial charge in [0, 0.05) is 5.92 Å². The maximum Gasteiger partial charge on any atom is 0.193 e. The summed E-state index contributed by atoms with van der Waals surface area (Å²) in [5.74, 6) is 1.59. The second-order valence-electron chi connectivity index (χ2n) is 3.25. The van der Waals surface area contributed by atoms with Gasteiger partial charge in [-0.25, -0.2) is 0 Å². The van der Waals surface area contributed by atoms with Crippen LogP contribution < -0.4 is 5.73 Å². The van der Waals surface area contributed by atoms with Crippen LogP contribution >= 0.6 is 11.6 Å². The van der Waals surface area contributed by atoms with Crippen LogP contribution in [0.2, 0.25) is 5.22 Å². The lowest BCUT2D eigenvalue weighted by Crippen LogP contribution is -2.04. The van der Waals surface area contributed by atoms with Crippen LogP contribution in [0.25, 0.3) is 0 Å². The van der Waals surface area contributed by atoms with Crippen molar-refractivity contribution in [3.63, 3.8) is 0 Å². The van der Waals surface area contributed by atoms with Gasteiger partial charge in [-0.1, -0.05) is 0 Å². The first-order chi connectivity index (χ1) is 5.81. The van der Waals surface area contributed by atoms with Crippen LogP contribution in [0, 0.1) is 0 Å². The molecule has 1 aliphatic carbocycles. The second-order valence-corrected chi connectivity index (χ2v) is 3.63. The van der Waals surface area contributed by atoms with Crippen molar-refractivity contribution < 1.29 is 4.42 Å². The number of fused-ring (bicyclic) bond motifs is 1. The second kappa shape index (κ2) is 3.11. The van der Waals surface area contributed by atoms with Crippen molar-refractivity contribution in [2.75, 3.05) is 6.54 Å². The fraction of sp³-hybridized carbons (Fsp3) is 0.556. The fourth-order valence-corrected chi connectivity index (χ4v) is 2.10. The molecule has 0 spiro atoms. The lowest BCUT2D eigenvalue weighted by molar-refractivity contribution is 0.457. The summed E-state index contributed by atoms with van der Waals surface area (Å²) in [6.45, 7) is 0.725. The molecule has 1 unspecified atom stereocenters. The summed E-state index contributed by atoms with van der Waals surface area (Å²) in [7, 11) is 0. The van der Waals surface area contributed by atoms with Gasteiger partial charge in [0.2, 0.25) is 0 Å². The molecule has 1 heterocycles. The summed E-state index contributed by atoms with van der Waals surface area (Å²) >= 11 is 5.75. The van der Waals surface area contributed by atoms with Crippen LogP contribution in [0.1, 0.15) is 30.1 Å². The summed E-state index contributed by atoms with van der Waals surface area (Å²) in [4.78, 5) is 0. The number of hydrogen-bond acceptors (Lipinski definition) is 2. The normalized spacial score (nSPS) is 21.3. The van der Waals surface area contributed by atoms with Crippen molar-refractivity contribution in [3.8, 4) is 0 Å². The van der Waals surface area contributed by atoms with Gasteiger partial charge in [-0.15, -0.1) is 0 Å². The third kappa shape index (κ3) is 1.25. The molecular formula is C9H12ClNO. The van der Waals surface area contributed by atoms with E-state index < -0.39 is 0 Å². The lowest BCUT2D eigenvalue weighted by atomic mass is 10.0. The number of hydrogen-bond donors (Lipinski definition) is 1.